The van der Waals surface area contributed by atoms with Gasteiger partial charge in [0.2, 0.25) is 15.9 Å². The monoisotopic (exact) mass is 642 g/mol. The number of hydrogen-bond donors (Lipinski definition) is 1. The zero-order valence-electron chi connectivity index (χ0n) is 26.6. The second kappa shape index (κ2) is 10.1. The molecule has 46 heavy (non-hydrogen) atoms. The van der Waals surface area contributed by atoms with Gasteiger partial charge in [-0.25, -0.2) is 13.1 Å². The van der Waals surface area contributed by atoms with Crippen LogP contribution in [0.2, 0.25) is 0 Å². The molecular formula is C36H42N4O5S. The van der Waals surface area contributed by atoms with Crippen molar-refractivity contribution in [1.82, 2.24) is 19.1 Å². The highest BCUT2D eigenvalue weighted by Crippen LogP contribution is 2.66. The Balaban J connectivity index is 1.22. The Morgan fingerprint density at radius 3 is 2.48 bits per heavy atom. The molecule has 0 spiro atoms. The normalized spacial score (nSPS) is 28.8. The van der Waals surface area contributed by atoms with Gasteiger partial charge in [-0.05, 0) is 92.9 Å². The van der Waals surface area contributed by atoms with Crippen molar-refractivity contribution in [2.75, 3.05) is 27.2 Å². The lowest BCUT2D eigenvalue weighted by atomic mass is 9.81. The van der Waals surface area contributed by atoms with Gasteiger partial charge in [-0.2, -0.15) is 0 Å². The maximum Gasteiger partial charge on any atom is 0.264 e. The zero-order valence-corrected chi connectivity index (χ0v) is 27.4. The van der Waals surface area contributed by atoms with E-state index in [4.69, 9.17) is 4.74 Å². The van der Waals surface area contributed by atoms with Crippen LogP contribution in [0.3, 0.4) is 0 Å². The zero-order chi connectivity index (χ0) is 31.5. The summed E-state index contributed by atoms with van der Waals surface area (Å²) in [5.41, 5.74) is 5.48. The number of carbonyl (C=O) groups is 2. The summed E-state index contributed by atoms with van der Waals surface area (Å²) in [6.07, 6.45) is 8.84. The number of rotatable bonds is 6. The highest BCUT2D eigenvalue weighted by atomic mass is 32.2. The molecule has 242 valence electrons. The van der Waals surface area contributed by atoms with Crippen molar-refractivity contribution in [2.24, 2.45) is 5.41 Å². The Labute approximate surface area is 270 Å². The molecular weight excluding hydrogens is 600 g/mol. The molecule has 3 aliphatic heterocycles. The Hall–Kier alpha value is -3.37. The molecule has 4 heterocycles. The first-order valence-electron chi connectivity index (χ1n) is 17.1. The SMILES string of the molecule is COc1ccc2c(c1)C1CC1(C(=O)N1C[C@@H]3C[C@@H]1CN3C)Cn1c-2c(C2CCCCC2)c2ccc(C(=O)NS(=O)(=O)C3CC3)cc21. The fourth-order valence-corrected chi connectivity index (χ4v) is 10.8. The van der Waals surface area contributed by atoms with Crippen molar-refractivity contribution in [3.8, 4) is 17.0 Å². The summed E-state index contributed by atoms with van der Waals surface area (Å²) in [7, 11) is 0.174. The molecule has 2 aromatic carbocycles. The van der Waals surface area contributed by atoms with E-state index in [0.29, 0.717) is 36.9 Å². The highest BCUT2D eigenvalue weighted by Gasteiger charge is 2.65. The van der Waals surface area contributed by atoms with E-state index in [9.17, 15) is 18.0 Å². The van der Waals surface area contributed by atoms with Crippen LogP contribution >= 0.6 is 0 Å². The number of aromatic nitrogens is 1. The Bertz CT molecular complexity index is 1910. The van der Waals surface area contributed by atoms with Crippen molar-refractivity contribution in [1.29, 1.82) is 0 Å². The fraction of sp³-hybridized carbons (Fsp3) is 0.556. The molecule has 9 nitrogen and oxygen atoms in total. The maximum atomic E-state index is 14.8. The molecule has 0 radical (unpaired) electrons. The van der Waals surface area contributed by atoms with Gasteiger partial charge < -0.3 is 14.2 Å². The second-order valence-corrected chi connectivity index (χ2v) is 16.9. The van der Waals surface area contributed by atoms with Crippen LogP contribution in [-0.2, 0) is 21.4 Å². The van der Waals surface area contributed by atoms with Gasteiger partial charge in [0.05, 0.1) is 23.5 Å². The van der Waals surface area contributed by atoms with E-state index >= 15 is 0 Å². The molecule has 1 N–H and O–H groups in total. The van der Waals surface area contributed by atoms with Gasteiger partial charge in [0.1, 0.15) is 5.75 Å². The Kier molecular flexibility index (Phi) is 6.31. The van der Waals surface area contributed by atoms with Crippen LogP contribution in [0, 0.1) is 5.41 Å². The van der Waals surface area contributed by atoms with E-state index in [1.165, 1.54) is 30.4 Å². The van der Waals surface area contributed by atoms with Crippen LogP contribution in [0.5, 0.6) is 5.75 Å². The van der Waals surface area contributed by atoms with E-state index < -0.39 is 26.6 Å². The third-order valence-electron chi connectivity index (χ3n) is 12.2. The third kappa shape index (κ3) is 4.24. The number of piperazine rings is 1. The summed E-state index contributed by atoms with van der Waals surface area (Å²) in [4.78, 5) is 32.7. The third-order valence-corrected chi connectivity index (χ3v) is 14.0. The van der Waals surface area contributed by atoms with Gasteiger partial charge >= 0.3 is 0 Å². The maximum absolute atomic E-state index is 14.8. The van der Waals surface area contributed by atoms with E-state index in [0.717, 1.165) is 66.7 Å². The lowest BCUT2D eigenvalue weighted by Gasteiger charge is -2.35. The van der Waals surface area contributed by atoms with Crippen LogP contribution in [0.1, 0.15) is 91.1 Å². The summed E-state index contributed by atoms with van der Waals surface area (Å²) in [5, 5.41) is 0.628. The average molecular weight is 643 g/mol. The van der Waals surface area contributed by atoms with E-state index in [1.807, 2.05) is 18.2 Å². The highest BCUT2D eigenvalue weighted by molar-refractivity contribution is 7.91. The van der Waals surface area contributed by atoms with Gasteiger partial charge in [-0.15, -0.1) is 0 Å². The van der Waals surface area contributed by atoms with Crippen molar-refractivity contribution in [2.45, 2.75) is 93.5 Å². The largest absolute Gasteiger partial charge is 0.497 e. The summed E-state index contributed by atoms with van der Waals surface area (Å²) < 4.78 is 35.8. The molecule has 3 saturated carbocycles. The first-order chi connectivity index (χ1) is 22.2. The molecule has 9 rings (SSSR count). The number of nitrogens with one attached hydrogen (secondary N) is 1. The molecule has 1 aromatic heterocycles. The number of likely N-dealkylation sites (tertiary alicyclic amines) is 2. The van der Waals surface area contributed by atoms with Gasteiger partial charge in [-0.3, -0.25) is 14.5 Å². The predicted molar refractivity (Wildman–Crippen MR) is 175 cm³/mol. The van der Waals surface area contributed by atoms with Crippen LogP contribution in [0.15, 0.2) is 36.4 Å². The fourth-order valence-electron chi connectivity index (χ4n) is 9.47. The standard InChI is InChI=1S/C36H42N4O5S/c1-38-18-24-15-23(38)19-39(24)35(42)36-17-30(36)29-16-25(45-2)9-13-27(29)33-32(21-6-4-3-5-7-21)28-12-8-22(14-31(28)40(33)20-36)34(41)37-46(43,44)26-10-11-26/h8-9,12-14,16,21,23-24,26,30H,3-7,10-11,15,17-20H2,1-2H3,(H,37,41)/t23-,24+,30?,36?/m0/s1. The quantitative estimate of drug-likeness (QED) is 0.407. The average Bonchev–Trinajstić information content (AvgIpc) is 3.95. The number of amides is 2. The van der Waals surface area contributed by atoms with Gasteiger partial charge in [-0.1, -0.05) is 25.3 Å². The minimum Gasteiger partial charge on any atom is -0.497 e. The second-order valence-electron chi connectivity index (χ2n) is 14.9. The Morgan fingerprint density at radius 2 is 1.78 bits per heavy atom. The van der Waals surface area contributed by atoms with Crippen molar-refractivity contribution in [3.05, 3.63) is 53.1 Å². The number of methoxy groups -OCH3 is 1. The molecule has 10 heteroatoms. The van der Waals surface area contributed by atoms with Gasteiger partial charge in [0, 0.05) is 59.7 Å². The number of benzene rings is 2. The minimum atomic E-state index is -3.68. The van der Waals surface area contributed by atoms with Gasteiger partial charge in [0.15, 0.2) is 0 Å². The van der Waals surface area contributed by atoms with Crippen LogP contribution < -0.4 is 9.46 Å². The Morgan fingerprint density at radius 1 is 0.978 bits per heavy atom. The van der Waals surface area contributed by atoms with E-state index in [-0.39, 0.29) is 17.9 Å². The molecule has 2 saturated heterocycles. The smallest absolute Gasteiger partial charge is 0.264 e. The molecule has 4 atom stereocenters. The van der Waals surface area contributed by atoms with Crippen LogP contribution in [0.4, 0.5) is 0 Å². The van der Waals surface area contributed by atoms with Crippen molar-refractivity contribution in [3.63, 3.8) is 0 Å². The minimum absolute atomic E-state index is 0.0891. The first-order valence-corrected chi connectivity index (χ1v) is 18.6. The predicted octanol–water partition coefficient (Wildman–Crippen LogP) is 4.99. The molecule has 2 unspecified atom stereocenters. The summed E-state index contributed by atoms with van der Waals surface area (Å²) in [5.74, 6) is 0.933. The topological polar surface area (TPSA) is 101 Å². The first kappa shape index (κ1) is 28.8. The number of hydrogen-bond acceptors (Lipinski definition) is 6. The molecule has 2 bridgehead atoms. The van der Waals surface area contributed by atoms with E-state index in [2.05, 4.69) is 38.3 Å². The van der Waals surface area contributed by atoms with E-state index in [1.54, 1.807) is 13.2 Å². The number of fused-ring (bicyclic) bond motifs is 9. The van der Waals surface area contributed by atoms with Crippen molar-refractivity contribution >= 4 is 32.7 Å². The number of sulfonamides is 1. The van der Waals surface area contributed by atoms with Crippen LogP contribution in [-0.4, -0.2) is 79.2 Å². The lowest BCUT2D eigenvalue weighted by molar-refractivity contribution is -0.140. The lowest BCUT2D eigenvalue weighted by Crippen LogP contribution is -2.50. The molecule has 3 aromatic rings. The summed E-state index contributed by atoms with van der Waals surface area (Å²) in [6, 6.07) is 12.7. The molecule has 5 fully saturated rings. The summed E-state index contributed by atoms with van der Waals surface area (Å²) in [6.45, 7) is 2.25. The van der Waals surface area contributed by atoms with Gasteiger partial charge in [0.25, 0.3) is 5.91 Å². The number of nitrogens with zero attached hydrogens (tertiary/aromatic N) is 3. The van der Waals surface area contributed by atoms with Crippen LogP contribution in [0.25, 0.3) is 22.2 Å². The molecule has 2 amide bonds. The number of carbonyl (C=O) groups excluding carboxylic acids is 2. The molecule has 6 aliphatic rings. The summed E-state index contributed by atoms with van der Waals surface area (Å²) >= 11 is 0. The number of likely N-dealkylation sites (N-methyl/N-ethyl adjacent to an activating group) is 1. The van der Waals surface area contributed by atoms with Crippen molar-refractivity contribution < 1.29 is 22.7 Å². The number of ether oxygens (including phenoxy) is 1. The molecule has 3 aliphatic carbocycles.